The Morgan fingerprint density at radius 3 is 2.36 bits per heavy atom. The average molecular weight is 573 g/mol. The van der Waals surface area contributed by atoms with Gasteiger partial charge in [-0.25, -0.2) is 4.79 Å². The molecule has 1 aromatic carbocycles. The SMILES string of the molecule is COc1cc(OC)c2cc(CCCN=C(N)N3CCN(C(=O)OC(C)(C)C)CC3)[nH]c2c1.I. The number of aromatic nitrogens is 1. The maximum absolute atomic E-state index is 12.2. The van der Waals surface area contributed by atoms with Crippen LogP contribution >= 0.6 is 24.0 Å². The summed E-state index contributed by atoms with van der Waals surface area (Å²) >= 11 is 0. The molecule has 1 aromatic heterocycles. The summed E-state index contributed by atoms with van der Waals surface area (Å²) in [4.78, 5) is 23.9. The third-order valence-corrected chi connectivity index (χ3v) is 5.32. The van der Waals surface area contributed by atoms with Gasteiger partial charge in [-0.15, -0.1) is 24.0 Å². The van der Waals surface area contributed by atoms with Crippen LogP contribution in [0.15, 0.2) is 23.2 Å². The van der Waals surface area contributed by atoms with E-state index in [2.05, 4.69) is 16.0 Å². The van der Waals surface area contributed by atoms with Crippen LogP contribution in [-0.2, 0) is 11.2 Å². The summed E-state index contributed by atoms with van der Waals surface area (Å²) in [7, 11) is 3.30. The fourth-order valence-electron chi connectivity index (χ4n) is 3.67. The molecule has 1 fully saturated rings. The number of fused-ring (bicyclic) bond motifs is 1. The van der Waals surface area contributed by atoms with E-state index in [9.17, 15) is 4.79 Å². The van der Waals surface area contributed by atoms with Crippen LogP contribution in [-0.4, -0.2) is 79.4 Å². The zero-order valence-electron chi connectivity index (χ0n) is 20.1. The number of halogens is 1. The van der Waals surface area contributed by atoms with Crippen molar-refractivity contribution in [3.8, 4) is 11.5 Å². The van der Waals surface area contributed by atoms with E-state index >= 15 is 0 Å². The summed E-state index contributed by atoms with van der Waals surface area (Å²) in [5, 5.41) is 1.04. The molecule has 33 heavy (non-hydrogen) atoms. The number of carbonyl (C=O) groups excluding carboxylic acids is 1. The number of guanidine groups is 1. The molecule has 0 saturated carbocycles. The molecular weight excluding hydrogens is 537 g/mol. The van der Waals surface area contributed by atoms with Crippen LogP contribution in [0.3, 0.4) is 0 Å². The molecule has 0 unspecified atom stereocenters. The Labute approximate surface area is 212 Å². The van der Waals surface area contributed by atoms with Crippen molar-refractivity contribution < 1.29 is 19.0 Å². The fourth-order valence-corrected chi connectivity index (χ4v) is 3.67. The topological polar surface area (TPSA) is 105 Å². The van der Waals surface area contributed by atoms with Crippen molar-refractivity contribution in [1.29, 1.82) is 0 Å². The second-order valence-corrected chi connectivity index (χ2v) is 8.88. The second-order valence-electron chi connectivity index (χ2n) is 8.88. The van der Waals surface area contributed by atoms with Crippen molar-refractivity contribution in [2.24, 2.45) is 10.7 Å². The van der Waals surface area contributed by atoms with Crippen LogP contribution in [0.25, 0.3) is 10.9 Å². The number of hydrogen-bond acceptors (Lipinski definition) is 5. The number of methoxy groups -OCH3 is 2. The number of nitrogens with two attached hydrogens (primary N) is 1. The number of nitrogens with one attached hydrogen (secondary N) is 1. The average Bonchev–Trinajstić information content (AvgIpc) is 3.17. The summed E-state index contributed by atoms with van der Waals surface area (Å²) in [6.45, 7) is 8.69. The molecule has 1 aliphatic rings. The summed E-state index contributed by atoms with van der Waals surface area (Å²) in [5.74, 6) is 2.07. The summed E-state index contributed by atoms with van der Waals surface area (Å²) in [5.41, 5.74) is 7.80. The smallest absolute Gasteiger partial charge is 0.410 e. The number of aliphatic imine (C=N–C) groups is 1. The molecular formula is C23H36IN5O4. The molecule has 3 N–H and O–H groups in total. The molecule has 0 radical (unpaired) electrons. The highest BCUT2D eigenvalue weighted by Gasteiger charge is 2.26. The minimum Gasteiger partial charge on any atom is -0.497 e. The van der Waals surface area contributed by atoms with Gasteiger partial charge in [-0.1, -0.05) is 0 Å². The van der Waals surface area contributed by atoms with Crippen molar-refractivity contribution in [2.45, 2.75) is 39.2 Å². The number of H-pyrrole nitrogens is 1. The lowest BCUT2D eigenvalue weighted by atomic mass is 10.2. The van der Waals surface area contributed by atoms with Crippen molar-refractivity contribution in [1.82, 2.24) is 14.8 Å². The first kappa shape index (κ1) is 26.9. The molecule has 184 valence electrons. The number of hydrogen-bond donors (Lipinski definition) is 2. The normalized spacial score (nSPS) is 14.8. The van der Waals surface area contributed by atoms with Crippen molar-refractivity contribution in [3.63, 3.8) is 0 Å². The minimum atomic E-state index is -0.489. The predicted octanol–water partition coefficient (Wildman–Crippen LogP) is 3.60. The Balaban J connectivity index is 0.00000385. The standard InChI is InChI=1S/C23H35N5O4.HI/c1-23(2,3)32-22(29)28-11-9-27(10-12-28)21(24)25-8-6-7-16-13-18-19(26-16)14-17(30-4)15-20(18)31-5;/h13-15,26H,6-12H2,1-5H3,(H2,24,25);1H. The molecule has 9 nitrogen and oxygen atoms in total. The molecule has 0 spiro atoms. The molecule has 3 rings (SSSR count). The number of nitrogens with zero attached hydrogens (tertiary/aromatic N) is 3. The number of aryl methyl sites for hydroxylation is 1. The zero-order chi connectivity index (χ0) is 23.3. The fraction of sp³-hybridized carbons (Fsp3) is 0.565. The van der Waals surface area contributed by atoms with Gasteiger partial charge in [0, 0.05) is 55.9 Å². The van der Waals surface area contributed by atoms with Crippen LogP contribution in [0.5, 0.6) is 11.5 Å². The van der Waals surface area contributed by atoms with Crippen LogP contribution in [0.2, 0.25) is 0 Å². The first-order valence-electron chi connectivity index (χ1n) is 11.0. The molecule has 0 atom stereocenters. The Morgan fingerprint density at radius 1 is 1.09 bits per heavy atom. The van der Waals surface area contributed by atoms with Gasteiger partial charge in [0.2, 0.25) is 0 Å². The van der Waals surface area contributed by atoms with Crippen molar-refractivity contribution in [3.05, 3.63) is 23.9 Å². The third kappa shape index (κ3) is 7.31. The van der Waals surface area contributed by atoms with Gasteiger partial charge in [0.1, 0.15) is 17.1 Å². The molecule has 1 amide bonds. The molecule has 1 aliphatic heterocycles. The van der Waals surface area contributed by atoms with Gasteiger partial charge in [0.15, 0.2) is 5.96 Å². The third-order valence-electron chi connectivity index (χ3n) is 5.32. The van der Waals surface area contributed by atoms with E-state index in [1.54, 1.807) is 19.1 Å². The number of rotatable bonds is 6. The van der Waals surface area contributed by atoms with Gasteiger partial charge in [-0.2, -0.15) is 0 Å². The monoisotopic (exact) mass is 573 g/mol. The molecule has 2 aromatic rings. The number of ether oxygens (including phenoxy) is 3. The number of aromatic amines is 1. The van der Waals surface area contributed by atoms with Gasteiger partial charge in [-0.05, 0) is 39.7 Å². The predicted molar refractivity (Wildman–Crippen MR) is 141 cm³/mol. The van der Waals surface area contributed by atoms with Gasteiger partial charge < -0.3 is 34.7 Å². The zero-order valence-corrected chi connectivity index (χ0v) is 22.5. The van der Waals surface area contributed by atoms with Gasteiger partial charge >= 0.3 is 6.09 Å². The highest BCUT2D eigenvalue weighted by molar-refractivity contribution is 14.0. The molecule has 1 saturated heterocycles. The first-order chi connectivity index (χ1) is 15.2. The maximum atomic E-state index is 12.2. The Kier molecular flexibility index (Phi) is 9.50. The highest BCUT2D eigenvalue weighted by atomic mass is 127. The van der Waals surface area contributed by atoms with E-state index < -0.39 is 5.60 Å². The highest BCUT2D eigenvalue weighted by Crippen LogP contribution is 2.31. The number of piperazine rings is 1. The number of amides is 1. The van der Waals surface area contributed by atoms with Crippen LogP contribution in [0, 0.1) is 0 Å². The van der Waals surface area contributed by atoms with E-state index in [0.717, 1.165) is 40.9 Å². The van der Waals surface area contributed by atoms with Crippen LogP contribution < -0.4 is 15.2 Å². The van der Waals surface area contributed by atoms with Crippen LogP contribution in [0.4, 0.5) is 4.79 Å². The van der Waals surface area contributed by atoms with E-state index in [1.807, 2.05) is 37.8 Å². The largest absolute Gasteiger partial charge is 0.497 e. The Morgan fingerprint density at radius 2 is 1.76 bits per heavy atom. The van der Waals surface area contributed by atoms with E-state index in [4.69, 9.17) is 19.9 Å². The van der Waals surface area contributed by atoms with Crippen molar-refractivity contribution >= 4 is 46.9 Å². The number of carbonyl (C=O) groups is 1. The van der Waals surface area contributed by atoms with E-state index in [1.165, 1.54) is 0 Å². The molecule has 10 heteroatoms. The van der Waals surface area contributed by atoms with E-state index in [0.29, 0.717) is 38.7 Å². The lowest BCUT2D eigenvalue weighted by Crippen LogP contribution is -2.53. The quantitative estimate of drug-likeness (QED) is 0.237. The van der Waals surface area contributed by atoms with Crippen molar-refractivity contribution in [2.75, 3.05) is 46.9 Å². The molecule has 2 heterocycles. The Hall–Kier alpha value is -2.37. The first-order valence-corrected chi connectivity index (χ1v) is 11.0. The lowest BCUT2D eigenvalue weighted by Gasteiger charge is -2.36. The Bertz CT molecular complexity index is 962. The van der Waals surface area contributed by atoms with Gasteiger partial charge in [-0.3, -0.25) is 4.99 Å². The van der Waals surface area contributed by atoms with Gasteiger partial charge in [0.25, 0.3) is 0 Å². The van der Waals surface area contributed by atoms with E-state index in [-0.39, 0.29) is 30.1 Å². The lowest BCUT2D eigenvalue weighted by molar-refractivity contribution is 0.0186. The van der Waals surface area contributed by atoms with Crippen LogP contribution in [0.1, 0.15) is 32.9 Å². The molecule has 0 bridgehead atoms. The maximum Gasteiger partial charge on any atom is 0.410 e. The van der Waals surface area contributed by atoms with Gasteiger partial charge in [0.05, 0.1) is 19.7 Å². The summed E-state index contributed by atoms with van der Waals surface area (Å²) in [6.07, 6.45) is 1.44. The second kappa shape index (κ2) is 11.7. The minimum absolute atomic E-state index is 0. The summed E-state index contributed by atoms with van der Waals surface area (Å²) < 4.78 is 16.2. The summed E-state index contributed by atoms with van der Waals surface area (Å²) in [6, 6.07) is 5.96. The number of benzene rings is 1. The molecule has 0 aliphatic carbocycles.